The van der Waals surface area contributed by atoms with Gasteiger partial charge in [-0.05, 0) is 0 Å². The van der Waals surface area contributed by atoms with Crippen molar-refractivity contribution in [2.24, 2.45) is 0 Å². The van der Waals surface area contributed by atoms with Crippen LogP contribution in [0.25, 0.3) is 0 Å². The summed E-state index contributed by atoms with van der Waals surface area (Å²) in [6, 6.07) is 0. The van der Waals surface area contributed by atoms with Crippen LogP contribution in [0.5, 0.6) is 0 Å². The van der Waals surface area contributed by atoms with Crippen molar-refractivity contribution >= 4 is 7.82 Å². The molecule has 0 spiro atoms. The topological polar surface area (TPSA) is 86.2 Å². The van der Waals surface area contributed by atoms with Gasteiger partial charge in [0.15, 0.2) is 0 Å². The average molecular weight is 432 g/mol. The Kier molecular flexibility index (Phi) is 22.0. The fourth-order valence-electron chi connectivity index (χ4n) is 1.97. The molecule has 0 atom stereocenters. The van der Waals surface area contributed by atoms with E-state index < -0.39 is 7.82 Å². The van der Waals surface area contributed by atoms with Crippen molar-refractivity contribution < 1.29 is 58.9 Å². The minimum absolute atomic E-state index is 1.38. The predicted molar refractivity (Wildman–Crippen MR) is 73.5 cm³/mol. The van der Waals surface area contributed by atoms with E-state index in [0.717, 1.165) is 0 Å². The van der Waals surface area contributed by atoms with Gasteiger partial charge >= 0.3 is 112 Å². The standard InChI is InChI=1S/C14H29.Ce.H3O4P/c1-3-5-7-9-11-13-14-12-10-8-6-4-2;;1-5(2,3)4/h1,3-14H2,2H3;;(H3,1,2,3,4)/q;+3;/p-3. The van der Waals surface area contributed by atoms with Gasteiger partial charge in [0, 0.05) is 0 Å². The summed E-state index contributed by atoms with van der Waals surface area (Å²) in [7, 11) is -5.39. The van der Waals surface area contributed by atoms with Gasteiger partial charge in [-0.3, -0.25) is 0 Å². The van der Waals surface area contributed by atoms with Crippen LogP contribution < -0.4 is 14.7 Å². The average Bonchev–Trinajstić information content (AvgIpc) is 2.34. The van der Waals surface area contributed by atoms with E-state index in [4.69, 9.17) is 19.2 Å². The zero-order chi connectivity index (χ0) is 15.7. The molecule has 0 saturated heterocycles. The number of unbranched alkanes of at least 4 members (excludes halogenated alkanes) is 11. The molecule has 0 aromatic carbocycles. The largest absolute Gasteiger partial charge is 0.822 e. The molecule has 20 heavy (non-hydrogen) atoms. The molecule has 0 aliphatic heterocycles. The molecule has 0 N–H and O–H groups in total. The molecule has 0 rings (SSSR count). The van der Waals surface area contributed by atoms with Crippen LogP contribution in [0.2, 0.25) is 1.94 Å². The minimum Gasteiger partial charge on any atom is -0.822 e. The quantitative estimate of drug-likeness (QED) is 0.351. The normalized spacial score (nSPS) is 11.1. The molecule has 0 heterocycles. The van der Waals surface area contributed by atoms with E-state index in [1.807, 2.05) is 0 Å². The predicted octanol–water partition coefficient (Wildman–Crippen LogP) is 2.83. The Morgan fingerprint density at radius 1 is 0.700 bits per heavy atom. The van der Waals surface area contributed by atoms with Crippen molar-refractivity contribution in [1.29, 1.82) is 0 Å². The van der Waals surface area contributed by atoms with E-state index in [1.54, 1.807) is 0 Å². The summed E-state index contributed by atoms with van der Waals surface area (Å²) in [6.07, 6.45) is 17.7. The zero-order valence-electron chi connectivity index (χ0n) is 12.8. The van der Waals surface area contributed by atoms with Gasteiger partial charge in [0.2, 0.25) is 0 Å². The molecule has 0 aliphatic rings. The third kappa shape index (κ3) is 36.6. The third-order valence-electron chi connectivity index (χ3n) is 3.03. The van der Waals surface area contributed by atoms with Crippen LogP contribution in [0, 0.1) is 39.6 Å². The third-order valence-corrected chi connectivity index (χ3v) is 4.14. The molecular weight excluding hydrogens is 403 g/mol. The van der Waals surface area contributed by atoms with E-state index in [1.165, 1.54) is 119 Å². The molecule has 6 heteroatoms. The van der Waals surface area contributed by atoms with Gasteiger partial charge in [-0.1, -0.05) is 13.3 Å². The van der Waals surface area contributed by atoms with Crippen molar-refractivity contribution in [2.75, 3.05) is 0 Å². The summed E-state index contributed by atoms with van der Waals surface area (Å²) in [5.41, 5.74) is 0. The Hall–Kier alpha value is 1.49. The number of hydrogen-bond donors (Lipinski definition) is 0. The summed E-state index contributed by atoms with van der Waals surface area (Å²) in [5, 5.41) is 0. The molecule has 0 unspecified atom stereocenters. The van der Waals surface area contributed by atoms with Gasteiger partial charge in [-0.25, -0.2) is 0 Å². The maximum absolute atomic E-state index is 8.55. The first-order chi connectivity index (χ1) is 9.41. The van der Waals surface area contributed by atoms with Gasteiger partial charge in [-0.2, -0.15) is 7.82 Å². The van der Waals surface area contributed by atoms with Crippen LogP contribution >= 0.6 is 7.82 Å². The number of phosphoric acid groups is 1. The van der Waals surface area contributed by atoms with E-state index in [2.05, 4.69) is 6.92 Å². The van der Waals surface area contributed by atoms with Gasteiger partial charge in [-0.15, -0.1) is 0 Å². The van der Waals surface area contributed by atoms with Gasteiger partial charge in [0.05, 0.1) is 0 Å². The molecule has 118 valence electrons. The van der Waals surface area contributed by atoms with Crippen LogP contribution in [0.15, 0.2) is 0 Å². The van der Waals surface area contributed by atoms with Gasteiger partial charge in [0.25, 0.3) is 0 Å². The second-order valence-electron chi connectivity index (χ2n) is 5.09. The van der Waals surface area contributed by atoms with Gasteiger partial charge < -0.3 is 19.2 Å². The molecule has 0 bridgehead atoms. The summed E-state index contributed by atoms with van der Waals surface area (Å²) < 4.78 is 10.1. The van der Waals surface area contributed by atoms with Crippen molar-refractivity contribution in [3.8, 4) is 0 Å². The van der Waals surface area contributed by atoms with E-state index in [-0.39, 0.29) is 0 Å². The maximum Gasteiger partial charge on any atom is -0.159 e. The number of hydrogen-bond acceptors (Lipinski definition) is 4. The summed E-state index contributed by atoms with van der Waals surface area (Å²) in [4.78, 5) is 25.6. The van der Waals surface area contributed by atoms with Crippen LogP contribution in [0.3, 0.4) is 0 Å². The first-order valence-corrected chi connectivity index (χ1v) is 11.5. The molecule has 0 amide bonds. The van der Waals surface area contributed by atoms with Crippen LogP contribution in [0.1, 0.15) is 84.0 Å². The molecule has 0 aromatic rings. The van der Waals surface area contributed by atoms with E-state index in [9.17, 15) is 0 Å². The van der Waals surface area contributed by atoms with Gasteiger partial charge in [0.1, 0.15) is 0 Å². The van der Waals surface area contributed by atoms with Crippen molar-refractivity contribution in [2.45, 2.75) is 85.9 Å². The van der Waals surface area contributed by atoms with E-state index >= 15 is 0 Å². The minimum atomic E-state index is -5.39. The monoisotopic (exact) mass is 432 g/mol. The SMILES string of the molecule is CCCCCCCCCCCCC[CH2][Ce+3].O=P([O-])([O-])[O-]. The van der Waals surface area contributed by atoms with Crippen LogP contribution in [-0.4, -0.2) is 0 Å². The molecule has 0 saturated carbocycles. The molecule has 0 radical (unpaired) electrons. The molecule has 4 nitrogen and oxygen atoms in total. The first kappa shape index (κ1) is 23.7. The van der Waals surface area contributed by atoms with Crippen molar-refractivity contribution in [1.82, 2.24) is 0 Å². The van der Waals surface area contributed by atoms with E-state index in [0.29, 0.717) is 0 Å². The first-order valence-electron chi connectivity index (χ1n) is 7.79. The summed E-state index contributed by atoms with van der Waals surface area (Å²) in [5.74, 6) is 0. The van der Waals surface area contributed by atoms with Crippen molar-refractivity contribution in [3.05, 3.63) is 0 Å². The molecule has 0 aliphatic carbocycles. The molecular formula is C14H29CeO4P. The Labute approximate surface area is 151 Å². The van der Waals surface area contributed by atoms with Crippen LogP contribution in [0.4, 0.5) is 0 Å². The number of rotatable bonds is 12. The smallest absolute Gasteiger partial charge is 0.159 e. The maximum atomic E-state index is 8.55. The Morgan fingerprint density at radius 2 is 0.950 bits per heavy atom. The van der Waals surface area contributed by atoms with Crippen LogP contribution in [-0.2, 0) is 4.57 Å². The second-order valence-corrected chi connectivity index (χ2v) is 7.55. The summed E-state index contributed by atoms with van der Waals surface area (Å²) >= 11 is 1.41. The molecule has 0 aromatic heterocycles. The fourth-order valence-corrected chi connectivity index (χ4v) is 2.75. The Balaban J connectivity index is 0. The Bertz CT molecular complexity index is 201. The Morgan fingerprint density at radius 3 is 1.20 bits per heavy atom. The fraction of sp³-hybridized carbons (Fsp3) is 1.00. The molecule has 0 fully saturated rings. The zero-order valence-corrected chi connectivity index (χ0v) is 16.8. The second kappa shape index (κ2) is 18.5. The van der Waals surface area contributed by atoms with Crippen molar-refractivity contribution in [3.63, 3.8) is 0 Å². The summed E-state index contributed by atoms with van der Waals surface area (Å²) in [6.45, 7) is 2.29.